The molecule has 0 amide bonds. The van der Waals surface area contributed by atoms with E-state index in [1.165, 1.54) is 18.9 Å². The van der Waals surface area contributed by atoms with Crippen molar-refractivity contribution in [3.63, 3.8) is 0 Å². The number of hydrogen-bond donors (Lipinski definition) is 3. The fourth-order valence-corrected chi connectivity index (χ4v) is 3.61. The first-order valence-corrected chi connectivity index (χ1v) is 10.6. The summed E-state index contributed by atoms with van der Waals surface area (Å²) in [6, 6.07) is 6.74. The number of anilines is 3. The average molecular weight is 458 g/mol. The van der Waals surface area contributed by atoms with Gasteiger partial charge < -0.3 is 10.6 Å². The molecule has 7 nitrogen and oxygen atoms in total. The van der Waals surface area contributed by atoms with Gasteiger partial charge in [0.25, 0.3) is 0 Å². The van der Waals surface area contributed by atoms with Crippen LogP contribution in [0.15, 0.2) is 28.7 Å². The van der Waals surface area contributed by atoms with Gasteiger partial charge in [0.2, 0.25) is 11.9 Å². The van der Waals surface area contributed by atoms with E-state index in [-0.39, 0.29) is 11.9 Å². The lowest BCUT2D eigenvalue weighted by Gasteiger charge is -2.16. The van der Waals surface area contributed by atoms with Crippen LogP contribution in [0.2, 0.25) is 0 Å². The summed E-state index contributed by atoms with van der Waals surface area (Å²) in [5, 5.41) is 13.8. The SMILES string of the molecule is CC(Nc1nc(Nc2cc(C3CC3)[nH]n2)nc(C2CC2)n1)c1ccc(Br)cc1F. The molecule has 1 aromatic carbocycles. The molecule has 2 heterocycles. The van der Waals surface area contributed by atoms with Crippen LogP contribution >= 0.6 is 15.9 Å². The summed E-state index contributed by atoms with van der Waals surface area (Å²) in [6.45, 7) is 1.88. The molecule has 0 aliphatic heterocycles. The molecule has 2 fully saturated rings. The second-order valence-electron chi connectivity index (χ2n) is 7.75. The molecule has 0 bridgehead atoms. The van der Waals surface area contributed by atoms with Gasteiger partial charge in [-0.25, -0.2) is 4.39 Å². The van der Waals surface area contributed by atoms with E-state index in [1.54, 1.807) is 6.07 Å². The standard InChI is InChI=1S/C20H21BrFN7/c1-10(14-7-6-13(21)8-15(14)22)23-19-25-18(12-4-5-12)26-20(27-19)24-17-9-16(28-29-17)11-2-3-11/h6-12H,2-5H2,1H3,(H3,23,24,25,26,27,28,29). The number of hydrogen-bond acceptors (Lipinski definition) is 6. The summed E-state index contributed by atoms with van der Waals surface area (Å²) in [7, 11) is 0. The Morgan fingerprint density at radius 2 is 1.83 bits per heavy atom. The fraction of sp³-hybridized carbons (Fsp3) is 0.400. The normalized spacial score (nSPS) is 17.2. The summed E-state index contributed by atoms with van der Waals surface area (Å²) >= 11 is 3.29. The van der Waals surface area contributed by atoms with Crippen LogP contribution in [0.25, 0.3) is 0 Å². The Kier molecular flexibility index (Phi) is 4.69. The van der Waals surface area contributed by atoms with Crippen LogP contribution < -0.4 is 10.6 Å². The zero-order valence-corrected chi connectivity index (χ0v) is 17.5. The van der Waals surface area contributed by atoms with Gasteiger partial charge in [0.1, 0.15) is 11.6 Å². The fourth-order valence-electron chi connectivity index (χ4n) is 3.28. The summed E-state index contributed by atoms with van der Waals surface area (Å²) in [5.41, 5.74) is 1.69. The Morgan fingerprint density at radius 1 is 1.07 bits per heavy atom. The predicted molar refractivity (Wildman–Crippen MR) is 112 cm³/mol. The maximum Gasteiger partial charge on any atom is 0.233 e. The number of benzene rings is 1. The molecular formula is C20H21BrFN7. The molecule has 1 atom stereocenters. The molecule has 5 rings (SSSR count). The third-order valence-electron chi connectivity index (χ3n) is 5.22. The molecule has 0 saturated heterocycles. The Morgan fingerprint density at radius 3 is 2.55 bits per heavy atom. The Labute approximate surface area is 176 Å². The third-order valence-corrected chi connectivity index (χ3v) is 5.72. The number of nitrogens with one attached hydrogen (secondary N) is 3. The highest BCUT2D eigenvalue weighted by atomic mass is 79.9. The quantitative estimate of drug-likeness (QED) is 0.453. The van der Waals surface area contributed by atoms with Gasteiger partial charge in [-0.2, -0.15) is 20.1 Å². The van der Waals surface area contributed by atoms with Gasteiger partial charge in [0, 0.05) is 33.6 Å². The Balaban J connectivity index is 1.38. The topological polar surface area (TPSA) is 91.4 Å². The molecule has 2 aliphatic carbocycles. The van der Waals surface area contributed by atoms with Crippen molar-refractivity contribution < 1.29 is 4.39 Å². The molecule has 2 aliphatic rings. The molecule has 0 radical (unpaired) electrons. The second kappa shape index (κ2) is 7.37. The first kappa shape index (κ1) is 18.5. The first-order valence-electron chi connectivity index (χ1n) is 9.85. The van der Waals surface area contributed by atoms with E-state index >= 15 is 0 Å². The lowest BCUT2D eigenvalue weighted by atomic mass is 10.1. The van der Waals surface area contributed by atoms with E-state index in [0.717, 1.165) is 24.4 Å². The Hall–Kier alpha value is -2.55. The predicted octanol–water partition coefficient (Wildman–Crippen LogP) is 5.17. The van der Waals surface area contributed by atoms with Crippen LogP contribution in [0.1, 0.15) is 67.6 Å². The first-order chi connectivity index (χ1) is 14.0. The number of aromatic amines is 1. The van der Waals surface area contributed by atoms with E-state index in [9.17, 15) is 4.39 Å². The van der Waals surface area contributed by atoms with E-state index in [2.05, 4.69) is 51.7 Å². The van der Waals surface area contributed by atoms with Crippen molar-refractivity contribution in [1.29, 1.82) is 0 Å². The Bertz CT molecular complexity index is 1050. The minimum absolute atomic E-state index is 0.279. The van der Waals surface area contributed by atoms with Crippen molar-refractivity contribution in [2.45, 2.75) is 50.5 Å². The van der Waals surface area contributed by atoms with Gasteiger partial charge in [0.15, 0.2) is 5.82 Å². The maximum absolute atomic E-state index is 14.3. The van der Waals surface area contributed by atoms with Crippen molar-refractivity contribution in [2.75, 3.05) is 10.6 Å². The van der Waals surface area contributed by atoms with Crippen LogP contribution in [-0.2, 0) is 0 Å². The molecule has 29 heavy (non-hydrogen) atoms. The highest BCUT2D eigenvalue weighted by Gasteiger charge is 2.29. The molecular weight excluding hydrogens is 437 g/mol. The number of aromatic nitrogens is 5. The lowest BCUT2D eigenvalue weighted by Crippen LogP contribution is -2.14. The van der Waals surface area contributed by atoms with Crippen molar-refractivity contribution in [1.82, 2.24) is 25.1 Å². The van der Waals surface area contributed by atoms with Crippen molar-refractivity contribution in [2.24, 2.45) is 0 Å². The number of nitrogens with zero attached hydrogens (tertiary/aromatic N) is 4. The molecule has 2 saturated carbocycles. The molecule has 3 aromatic rings. The summed E-state index contributed by atoms with van der Waals surface area (Å²) < 4.78 is 15.0. The molecule has 150 valence electrons. The van der Waals surface area contributed by atoms with Gasteiger partial charge in [-0.3, -0.25) is 5.10 Å². The highest BCUT2D eigenvalue weighted by Crippen LogP contribution is 2.40. The molecule has 0 spiro atoms. The van der Waals surface area contributed by atoms with E-state index in [1.807, 2.05) is 19.1 Å². The third kappa shape index (κ3) is 4.24. The van der Waals surface area contributed by atoms with Gasteiger partial charge in [-0.05, 0) is 44.7 Å². The summed E-state index contributed by atoms with van der Waals surface area (Å²) in [5.74, 6) is 3.00. The molecule has 3 N–H and O–H groups in total. The van der Waals surface area contributed by atoms with Crippen molar-refractivity contribution in [3.8, 4) is 0 Å². The van der Waals surface area contributed by atoms with E-state index in [0.29, 0.717) is 39.6 Å². The summed E-state index contributed by atoms with van der Waals surface area (Å²) in [6.07, 6.45) is 4.57. The smallest absolute Gasteiger partial charge is 0.233 e. The van der Waals surface area contributed by atoms with E-state index in [4.69, 9.17) is 0 Å². The molecule has 1 unspecified atom stereocenters. The van der Waals surface area contributed by atoms with Gasteiger partial charge in [-0.1, -0.05) is 22.0 Å². The van der Waals surface area contributed by atoms with Gasteiger partial charge >= 0.3 is 0 Å². The zero-order valence-electron chi connectivity index (χ0n) is 15.9. The largest absolute Gasteiger partial charge is 0.347 e. The number of H-pyrrole nitrogens is 1. The number of halogens is 2. The van der Waals surface area contributed by atoms with Crippen LogP contribution in [0.5, 0.6) is 0 Å². The van der Waals surface area contributed by atoms with Crippen LogP contribution in [0.4, 0.5) is 22.1 Å². The summed E-state index contributed by atoms with van der Waals surface area (Å²) in [4.78, 5) is 13.6. The maximum atomic E-state index is 14.3. The highest BCUT2D eigenvalue weighted by molar-refractivity contribution is 9.10. The lowest BCUT2D eigenvalue weighted by molar-refractivity contribution is 0.598. The zero-order chi connectivity index (χ0) is 20.0. The van der Waals surface area contributed by atoms with Gasteiger partial charge in [0.05, 0.1) is 6.04 Å². The minimum Gasteiger partial charge on any atom is -0.347 e. The van der Waals surface area contributed by atoms with E-state index < -0.39 is 0 Å². The van der Waals surface area contributed by atoms with Crippen LogP contribution in [-0.4, -0.2) is 25.1 Å². The molecule has 9 heteroatoms. The van der Waals surface area contributed by atoms with Gasteiger partial charge in [-0.15, -0.1) is 0 Å². The number of rotatable bonds is 7. The minimum atomic E-state index is -0.294. The van der Waals surface area contributed by atoms with Crippen molar-refractivity contribution >= 4 is 33.6 Å². The molecule has 2 aromatic heterocycles. The average Bonchev–Trinajstić information content (AvgIpc) is 3.60. The second-order valence-corrected chi connectivity index (χ2v) is 8.67. The van der Waals surface area contributed by atoms with Crippen molar-refractivity contribution in [3.05, 3.63) is 51.6 Å². The monoisotopic (exact) mass is 457 g/mol. The van der Waals surface area contributed by atoms with Crippen LogP contribution in [0, 0.1) is 5.82 Å². The van der Waals surface area contributed by atoms with Crippen LogP contribution in [0.3, 0.4) is 0 Å².